The van der Waals surface area contributed by atoms with E-state index >= 15 is 0 Å². The number of rotatable bonds is 5. The molecule has 0 bridgehead atoms. The second-order valence-corrected chi connectivity index (χ2v) is 8.98. The maximum Gasteiger partial charge on any atom is 0.183 e. The van der Waals surface area contributed by atoms with Crippen LogP contribution < -0.4 is 5.32 Å². The first-order valence-electron chi connectivity index (χ1n) is 7.68. The van der Waals surface area contributed by atoms with Crippen LogP contribution in [-0.4, -0.2) is 26.3 Å². The summed E-state index contributed by atoms with van der Waals surface area (Å²) in [6.07, 6.45) is 3.80. The van der Waals surface area contributed by atoms with Gasteiger partial charge in [-0.15, -0.1) is 0 Å². The molecule has 0 spiro atoms. The minimum absolute atomic E-state index is 0.0678. The average Bonchev–Trinajstić information content (AvgIpc) is 2.46. The average molecular weight is 374 g/mol. The number of sulfone groups is 1. The molecule has 1 aliphatic carbocycles. The van der Waals surface area contributed by atoms with E-state index in [0.717, 1.165) is 32.2 Å². The zero-order valence-electron chi connectivity index (χ0n) is 12.7. The summed E-state index contributed by atoms with van der Waals surface area (Å²) >= 11 is 3.39. The standard InChI is InChI=1S/C16H24BrNO2S/c1-3-10-18-14-9-8-12(2)11-16(14)21(19,20)15-7-5-4-6-13(15)17/h4-7,12,14,16,18H,3,8-11H2,1-2H3. The molecule has 2 rings (SSSR count). The molecule has 1 N–H and O–H groups in total. The molecule has 118 valence electrons. The molecule has 0 aliphatic heterocycles. The summed E-state index contributed by atoms with van der Waals surface area (Å²) in [5.74, 6) is 0.465. The van der Waals surface area contributed by atoms with Crippen LogP contribution in [0.15, 0.2) is 33.6 Å². The van der Waals surface area contributed by atoms with Gasteiger partial charge in [0.15, 0.2) is 9.84 Å². The lowest BCUT2D eigenvalue weighted by Gasteiger charge is -2.35. The third-order valence-corrected chi connectivity index (χ3v) is 7.49. The largest absolute Gasteiger partial charge is 0.313 e. The van der Waals surface area contributed by atoms with Gasteiger partial charge in [-0.25, -0.2) is 8.42 Å². The van der Waals surface area contributed by atoms with E-state index in [0.29, 0.717) is 15.3 Å². The maximum absolute atomic E-state index is 13.1. The molecule has 1 saturated carbocycles. The van der Waals surface area contributed by atoms with Crippen LogP contribution in [-0.2, 0) is 9.84 Å². The van der Waals surface area contributed by atoms with Gasteiger partial charge in [-0.05, 0) is 66.2 Å². The Morgan fingerprint density at radius 1 is 1.29 bits per heavy atom. The van der Waals surface area contributed by atoms with E-state index in [1.165, 1.54) is 0 Å². The van der Waals surface area contributed by atoms with E-state index in [1.54, 1.807) is 18.2 Å². The number of hydrogen-bond donors (Lipinski definition) is 1. The highest BCUT2D eigenvalue weighted by Gasteiger charge is 2.39. The molecule has 0 saturated heterocycles. The molecule has 0 aromatic heterocycles. The van der Waals surface area contributed by atoms with Gasteiger partial charge in [0.25, 0.3) is 0 Å². The number of halogens is 1. The molecule has 0 radical (unpaired) electrons. The zero-order chi connectivity index (χ0) is 15.5. The third-order valence-electron chi connectivity index (χ3n) is 4.25. The van der Waals surface area contributed by atoms with Crippen molar-refractivity contribution in [2.24, 2.45) is 5.92 Å². The molecule has 0 heterocycles. The molecular weight excluding hydrogens is 350 g/mol. The Morgan fingerprint density at radius 2 is 2.00 bits per heavy atom. The summed E-state index contributed by atoms with van der Waals surface area (Å²) in [7, 11) is -3.31. The Kier molecular flexibility index (Phi) is 5.86. The van der Waals surface area contributed by atoms with Gasteiger partial charge in [0.05, 0.1) is 10.1 Å². The van der Waals surface area contributed by atoms with E-state index in [9.17, 15) is 8.42 Å². The van der Waals surface area contributed by atoms with Crippen LogP contribution in [0, 0.1) is 5.92 Å². The molecule has 1 aliphatic rings. The van der Waals surface area contributed by atoms with Crippen molar-refractivity contribution in [1.29, 1.82) is 0 Å². The van der Waals surface area contributed by atoms with Crippen LogP contribution in [0.25, 0.3) is 0 Å². The van der Waals surface area contributed by atoms with Crippen molar-refractivity contribution in [2.75, 3.05) is 6.54 Å². The lowest BCUT2D eigenvalue weighted by Crippen LogP contribution is -2.48. The lowest BCUT2D eigenvalue weighted by atomic mass is 9.87. The second-order valence-electron chi connectivity index (χ2n) is 5.99. The number of nitrogens with one attached hydrogen (secondary N) is 1. The zero-order valence-corrected chi connectivity index (χ0v) is 15.1. The first kappa shape index (κ1) is 17.0. The van der Waals surface area contributed by atoms with Crippen molar-refractivity contribution in [3.63, 3.8) is 0 Å². The van der Waals surface area contributed by atoms with Crippen molar-refractivity contribution in [3.8, 4) is 0 Å². The fraction of sp³-hybridized carbons (Fsp3) is 0.625. The predicted molar refractivity (Wildman–Crippen MR) is 90.2 cm³/mol. The van der Waals surface area contributed by atoms with Crippen LogP contribution in [0.5, 0.6) is 0 Å². The van der Waals surface area contributed by atoms with E-state index in [1.807, 2.05) is 6.07 Å². The predicted octanol–water partition coefficient (Wildman–Crippen LogP) is 3.78. The molecule has 3 atom stereocenters. The van der Waals surface area contributed by atoms with Gasteiger partial charge in [-0.2, -0.15) is 0 Å². The Labute approximate surface area is 136 Å². The van der Waals surface area contributed by atoms with E-state index in [4.69, 9.17) is 0 Å². The molecule has 0 amide bonds. The SMILES string of the molecule is CCCNC1CCC(C)CC1S(=O)(=O)c1ccccc1Br. The van der Waals surface area contributed by atoms with Gasteiger partial charge in [0, 0.05) is 10.5 Å². The van der Waals surface area contributed by atoms with Crippen LogP contribution in [0.4, 0.5) is 0 Å². The quantitative estimate of drug-likeness (QED) is 0.853. The first-order chi connectivity index (χ1) is 9.96. The molecule has 1 aromatic rings. The van der Waals surface area contributed by atoms with E-state index < -0.39 is 9.84 Å². The second kappa shape index (κ2) is 7.25. The Bertz CT molecular complexity index is 571. The highest BCUT2D eigenvalue weighted by Crippen LogP contribution is 2.34. The summed E-state index contributed by atoms with van der Waals surface area (Å²) in [4.78, 5) is 0.424. The Balaban J connectivity index is 2.32. The Morgan fingerprint density at radius 3 is 2.67 bits per heavy atom. The van der Waals surface area contributed by atoms with Crippen molar-refractivity contribution < 1.29 is 8.42 Å². The van der Waals surface area contributed by atoms with Crippen LogP contribution in [0.1, 0.15) is 39.5 Å². The molecule has 3 unspecified atom stereocenters. The Hall–Kier alpha value is -0.390. The highest BCUT2D eigenvalue weighted by molar-refractivity contribution is 9.10. The fourth-order valence-corrected chi connectivity index (χ4v) is 6.22. The van der Waals surface area contributed by atoms with Gasteiger partial charge in [0.2, 0.25) is 0 Å². The minimum Gasteiger partial charge on any atom is -0.313 e. The normalized spacial score (nSPS) is 26.7. The van der Waals surface area contributed by atoms with Gasteiger partial charge < -0.3 is 5.32 Å². The molecule has 21 heavy (non-hydrogen) atoms. The van der Waals surface area contributed by atoms with Crippen molar-refractivity contribution in [2.45, 2.75) is 55.7 Å². The van der Waals surface area contributed by atoms with Gasteiger partial charge >= 0.3 is 0 Å². The van der Waals surface area contributed by atoms with Gasteiger partial charge in [-0.1, -0.05) is 26.0 Å². The summed E-state index contributed by atoms with van der Waals surface area (Å²) in [5.41, 5.74) is 0. The fourth-order valence-electron chi connectivity index (χ4n) is 3.07. The summed E-state index contributed by atoms with van der Waals surface area (Å²) in [6.45, 7) is 5.13. The van der Waals surface area contributed by atoms with Crippen molar-refractivity contribution in [1.82, 2.24) is 5.32 Å². The maximum atomic E-state index is 13.1. The van der Waals surface area contributed by atoms with Gasteiger partial charge in [0.1, 0.15) is 0 Å². The number of benzene rings is 1. The first-order valence-corrected chi connectivity index (χ1v) is 10.0. The monoisotopic (exact) mass is 373 g/mol. The molecule has 3 nitrogen and oxygen atoms in total. The third kappa shape index (κ3) is 3.88. The highest BCUT2D eigenvalue weighted by atomic mass is 79.9. The summed E-state index contributed by atoms with van der Waals surface area (Å²) < 4.78 is 26.8. The molecule has 1 fully saturated rings. The van der Waals surface area contributed by atoms with Crippen LogP contribution in [0.2, 0.25) is 0 Å². The van der Waals surface area contributed by atoms with Crippen LogP contribution >= 0.6 is 15.9 Å². The summed E-state index contributed by atoms with van der Waals surface area (Å²) in [5, 5.41) is 3.12. The van der Waals surface area contributed by atoms with Crippen molar-refractivity contribution in [3.05, 3.63) is 28.7 Å². The minimum atomic E-state index is -3.31. The summed E-state index contributed by atoms with van der Waals surface area (Å²) in [6, 6.07) is 7.21. The van der Waals surface area contributed by atoms with Crippen molar-refractivity contribution >= 4 is 25.8 Å². The van der Waals surface area contributed by atoms with E-state index in [2.05, 4.69) is 35.1 Å². The number of hydrogen-bond acceptors (Lipinski definition) is 3. The lowest BCUT2D eigenvalue weighted by molar-refractivity contribution is 0.308. The molecule has 1 aromatic carbocycles. The molecular formula is C16H24BrNO2S. The molecule has 5 heteroatoms. The van der Waals surface area contributed by atoms with Crippen LogP contribution in [0.3, 0.4) is 0 Å². The smallest absolute Gasteiger partial charge is 0.183 e. The van der Waals surface area contributed by atoms with Gasteiger partial charge in [-0.3, -0.25) is 0 Å². The topological polar surface area (TPSA) is 46.2 Å². The van der Waals surface area contributed by atoms with E-state index in [-0.39, 0.29) is 11.3 Å².